The van der Waals surface area contributed by atoms with Crippen LogP contribution in [0.25, 0.3) is 0 Å². The molecular weight excluding hydrogens is 194 g/mol. The lowest BCUT2D eigenvalue weighted by molar-refractivity contribution is 1.13. The van der Waals surface area contributed by atoms with Gasteiger partial charge in [-0.1, -0.05) is 0 Å². The minimum absolute atomic E-state index is 0.624. The first-order valence-electron chi connectivity index (χ1n) is 4.34. The Morgan fingerprint density at radius 3 is 3.00 bits per heavy atom. The van der Waals surface area contributed by atoms with Gasteiger partial charge in [-0.2, -0.15) is 0 Å². The second-order valence-electron chi connectivity index (χ2n) is 3.14. The van der Waals surface area contributed by atoms with Crippen molar-refractivity contribution in [1.29, 1.82) is 0 Å². The first kappa shape index (κ1) is 9.15. The molecule has 0 aliphatic heterocycles. The van der Waals surface area contributed by atoms with Gasteiger partial charge in [0.15, 0.2) is 0 Å². The van der Waals surface area contributed by atoms with Gasteiger partial charge in [0.2, 0.25) is 0 Å². The van der Waals surface area contributed by atoms with E-state index in [1.807, 2.05) is 17.8 Å². The maximum absolute atomic E-state index is 5.81. The SMILES string of the molecule is Cc1ccnc(N)c1Cc1cncs1. The number of thiazole rings is 1. The van der Waals surface area contributed by atoms with Gasteiger partial charge in [0, 0.05) is 29.3 Å². The molecule has 0 spiro atoms. The molecule has 4 heteroatoms. The minimum Gasteiger partial charge on any atom is -0.383 e. The Hall–Kier alpha value is -1.42. The summed E-state index contributed by atoms with van der Waals surface area (Å²) in [5.41, 5.74) is 9.94. The summed E-state index contributed by atoms with van der Waals surface area (Å²) >= 11 is 1.64. The standard InChI is InChI=1S/C10H11N3S/c1-7-2-3-13-10(11)9(7)4-8-5-12-6-14-8/h2-3,5-6H,4H2,1H3,(H2,11,13). The van der Waals surface area contributed by atoms with E-state index in [9.17, 15) is 0 Å². The summed E-state index contributed by atoms with van der Waals surface area (Å²) in [6, 6.07) is 1.98. The molecule has 2 N–H and O–H groups in total. The normalized spacial score (nSPS) is 10.4. The largest absolute Gasteiger partial charge is 0.383 e. The van der Waals surface area contributed by atoms with Crippen molar-refractivity contribution in [3.05, 3.63) is 40.0 Å². The van der Waals surface area contributed by atoms with E-state index >= 15 is 0 Å². The fourth-order valence-electron chi connectivity index (χ4n) is 1.34. The van der Waals surface area contributed by atoms with Crippen LogP contribution in [0.3, 0.4) is 0 Å². The van der Waals surface area contributed by atoms with E-state index < -0.39 is 0 Å². The molecule has 0 amide bonds. The van der Waals surface area contributed by atoms with Crippen LogP contribution in [0.5, 0.6) is 0 Å². The molecule has 0 aliphatic carbocycles. The number of nitrogen functional groups attached to an aromatic ring is 1. The van der Waals surface area contributed by atoms with Crippen LogP contribution in [-0.4, -0.2) is 9.97 Å². The average Bonchev–Trinajstić information content (AvgIpc) is 2.64. The van der Waals surface area contributed by atoms with Gasteiger partial charge in [0.1, 0.15) is 5.82 Å². The molecule has 0 saturated heterocycles. The molecule has 2 heterocycles. The van der Waals surface area contributed by atoms with Crippen molar-refractivity contribution in [2.24, 2.45) is 0 Å². The third-order valence-electron chi connectivity index (χ3n) is 2.16. The number of pyridine rings is 1. The third kappa shape index (κ3) is 1.75. The maximum Gasteiger partial charge on any atom is 0.127 e. The van der Waals surface area contributed by atoms with Crippen LogP contribution >= 0.6 is 11.3 Å². The number of hydrogen-bond donors (Lipinski definition) is 1. The van der Waals surface area contributed by atoms with Crippen molar-refractivity contribution in [2.45, 2.75) is 13.3 Å². The predicted octanol–water partition coefficient (Wildman–Crippen LogP) is 2.02. The average molecular weight is 205 g/mol. The second-order valence-corrected chi connectivity index (χ2v) is 4.11. The predicted molar refractivity (Wildman–Crippen MR) is 58.3 cm³/mol. The molecular formula is C10H11N3S. The number of aromatic nitrogens is 2. The van der Waals surface area contributed by atoms with E-state index in [1.54, 1.807) is 17.5 Å². The van der Waals surface area contributed by atoms with E-state index in [4.69, 9.17) is 5.73 Å². The van der Waals surface area contributed by atoms with Crippen LogP contribution in [0.1, 0.15) is 16.0 Å². The third-order valence-corrected chi connectivity index (χ3v) is 2.94. The van der Waals surface area contributed by atoms with Gasteiger partial charge >= 0.3 is 0 Å². The van der Waals surface area contributed by atoms with Crippen LogP contribution in [0.4, 0.5) is 5.82 Å². The Balaban J connectivity index is 2.33. The molecule has 2 rings (SSSR count). The number of anilines is 1. The van der Waals surface area contributed by atoms with Crippen molar-refractivity contribution in [2.75, 3.05) is 5.73 Å². The number of aryl methyl sites for hydroxylation is 1. The molecule has 0 radical (unpaired) electrons. The van der Waals surface area contributed by atoms with Gasteiger partial charge in [-0.15, -0.1) is 11.3 Å². The summed E-state index contributed by atoms with van der Waals surface area (Å²) in [4.78, 5) is 9.33. The van der Waals surface area contributed by atoms with Gasteiger partial charge in [0.05, 0.1) is 5.51 Å². The summed E-state index contributed by atoms with van der Waals surface area (Å²) in [5, 5.41) is 0. The molecule has 0 unspecified atom stereocenters. The molecule has 72 valence electrons. The molecule has 0 aliphatic rings. The molecule has 14 heavy (non-hydrogen) atoms. The van der Waals surface area contributed by atoms with Crippen molar-refractivity contribution in [3.63, 3.8) is 0 Å². The lowest BCUT2D eigenvalue weighted by Gasteiger charge is -2.05. The Morgan fingerprint density at radius 1 is 1.50 bits per heavy atom. The maximum atomic E-state index is 5.81. The topological polar surface area (TPSA) is 51.8 Å². The summed E-state index contributed by atoms with van der Waals surface area (Å²) in [7, 11) is 0. The second kappa shape index (κ2) is 3.75. The van der Waals surface area contributed by atoms with Crippen LogP contribution in [0, 0.1) is 6.92 Å². The van der Waals surface area contributed by atoms with Crippen molar-refractivity contribution in [1.82, 2.24) is 9.97 Å². The number of nitrogens with two attached hydrogens (primary N) is 1. The van der Waals surface area contributed by atoms with Crippen LogP contribution < -0.4 is 5.73 Å². The van der Waals surface area contributed by atoms with Gasteiger partial charge < -0.3 is 5.73 Å². The van der Waals surface area contributed by atoms with Crippen molar-refractivity contribution >= 4 is 17.2 Å². The van der Waals surface area contributed by atoms with Gasteiger partial charge in [0.25, 0.3) is 0 Å². The first-order valence-corrected chi connectivity index (χ1v) is 5.22. The van der Waals surface area contributed by atoms with Gasteiger partial charge in [-0.05, 0) is 18.6 Å². The van der Waals surface area contributed by atoms with Gasteiger partial charge in [-0.3, -0.25) is 4.98 Å². The Bertz CT molecular complexity index is 403. The summed E-state index contributed by atoms with van der Waals surface area (Å²) < 4.78 is 0. The highest BCUT2D eigenvalue weighted by atomic mass is 32.1. The zero-order valence-corrected chi connectivity index (χ0v) is 8.71. The first-order chi connectivity index (χ1) is 6.77. The molecule has 2 aromatic heterocycles. The highest BCUT2D eigenvalue weighted by Gasteiger charge is 2.05. The molecule has 0 aromatic carbocycles. The molecule has 0 bridgehead atoms. The van der Waals surface area contributed by atoms with E-state index in [0.717, 1.165) is 12.0 Å². The summed E-state index contributed by atoms with van der Waals surface area (Å²) in [6.45, 7) is 2.05. The summed E-state index contributed by atoms with van der Waals surface area (Å²) in [6.07, 6.45) is 4.44. The Kier molecular flexibility index (Phi) is 2.45. The monoisotopic (exact) mass is 205 g/mol. The van der Waals surface area contributed by atoms with Crippen LogP contribution in [-0.2, 0) is 6.42 Å². The van der Waals surface area contributed by atoms with Crippen molar-refractivity contribution < 1.29 is 0 Å². The smallest absolute Gasteiger partial charge is 0.127 e. The minimum atomic E-state index is 0.624. The number of nitrogens with zero attached hydrogens (tertiary/aromatic N) is 2. The van der Waals surface area contributed by atoms with E-state index in [-0.39, 0.29) is 0 Å². The molecule has 2 aromatic rings. The Morgan fingerprint density at radius 2 is 2.36 bits per heavy atom. The quantitative estimate of drug-likeness (QED) is 0.816. The van der Waals surface area contributed by atoms with Crippen molar-refractivity contribution in [3.8, 4) is 0 Å². The highest BCUT2D eigenvalue weighted by Crippen LogP contribution is 2.19. The molecule has 3 nitrogen and oxygen atoms in total. The van der Waals surface area contributed by atoms with E-state index in [2.05, 4.69) is 16.9 Å². The van der Waals surface area contributed by atoms with Crippen LogP contribution in [0.15, 0.2) is 24.0 Å². The van der Waals surface area contributed by atoms with Crippen LogP contribution in [0.2, 0.25) is 0 Å². The lowest BCUT2D eigenvalue weighted by atomic mass is 10.1. The highest BCUT2D eigenvalue weighted by molar-refractivity contribution is 7.09. The zero-order valence-electron chi connectivity index (χ0n) is 7.90. The zero-order chi connectivity index (χ0) is 9.97. The number of rotatable bonds is 2. The van der Waals surface area contributed by atoms with Gasteiger partial charge in [-0.25, -0.2) is 4.98 Å². The molecule has 0 atom stereocenters. The molecule has 0 saturated carbocycles. The molecule has 0 fully saturated rings. The fraction of sp³-hybridized carbons (Fsp3) is 0.200. The lowest BCUT2D eigenvalue weighted by Crippen LogP contribution is -2.00. The Labute approximate surface area is 86.6 Å². The summed E-state index contributed by atoms with van der Waals surface area (Å²) in [5.74, 6) is 0.624. The number of hydrogen-bond acceptors (Lipinski definition) is 4. The van der Waals surface area contributed by atoms with E-state index in [0.29, 0.717) is 5.82 Å². The fourth-order valence-corrected chi connectivity index (χ4v) is 1.95. The van der Waals surface area contributed by atoms with E-state index in [1.165, 1.54) is 10.4 Å².